The maximum atomic E-state index is 11.9. The van der Waals surface area contributed by atoms with Crippen molar-refractivity contribution in [1.29, 1.82) is 0 Å². The van der Waals surface area contributed by atoms with Gasteiger partial charge in [-0.15, -0.1) is 11.6 Å². The minimum atomic E-state index is -3.87. The fourth-order valence-corrected chi connectivity index (χ4v) is 3.46. The summed E-state index contributed by atoms with van der Waals surface area (Å²) < 4.78 is 48.6. The molecule has 1 aromatic rings. The summed E-state index contributed by atoms with van der Waals surface area (Å²) in [7, 11) is -7.41. The van der Waals surface area contributed by atoms with Crippen molar-refractivity contribution < 1.29 is 16.8 Å². The molecule has 20 heavy (non-hydrogen) atoms. The second kappa shape index (κ2) is 6.75. The Labute approximate surface area is 124 Å². The van der Waals surface area contributed by atoms with Crippen molar-refractivity contribution >= 4 is 37.3 Å². The van der Waals surface area contributed by atoms with Gasteiger partial charge in [0.2, 0.25) is 20.0 Å². The zero-order chi connectivity index (χ0) is 15.4. The van der Waals surface area contributed by atoms with Crippen LogP contribution < -0.4 is 9.86 Å². The van der Waals surface area contributed by atoms with Crippen LogP contribution in [0.5, 0.6) is 0 Å². The normalized spacial score (nSPS) is 12.3. The molecule has 0 fully saturated rings. The summed E-state index contributed by atoms with van der Waals surface area (Å²) in [6, 6.07) is 4.04. The summed E-state index contributed by atoms with van der Waals surface area (Å²) in [6.07, 6.45) is 1.03. The van der Waals surface area contributed by atoms with E-state index in [0.29, 0.717) is 24.3 Å². The maximum Gasteiger partial charge on any atom is 0.238 e. The summed E-state index contributed by atoms with van der Waals surface area (Å²) in [5.74, 6) is 0.328. The van der Waals surface area contributed by atoms with Gasteiger partial charge >= 0.3 is 0 Å². The second-order valence-corrected chi connectivity index (χ2v) is 8.12. The molecule has 9 heteroatoms. The second-order valence-electron chi connectivity index (χ2n) is 4.34. The van der Waals surface area contributed by atoms with Crippen LogP contribution in [0.25, 0.3) is 0 Å². The average Bonchev–Trinajstić information content (AvgIpc) is 2.30. The zero-order valence-corrected chi connectivity index (χ0v) is 13.4. The highest BCUT2D eigenvalue weighted by atomic mass is 35.5. The number of alkyl halides is 1. The Bertz CT molecular complexity index is 672. The van der Waals surface area contributed by atoms with E-state index in [1.165, 1.54) is 18.2 Å². The molecule has 0 heterocycles. The lowest BCUT2D eigenvalue weighted by atomic mass is 10.2. The number of halogens is 1. The topological polar surface area (TPSA) is 106 Å². The number of sulfonamides is 2. The van der Waals surface area contributed by atoms with E-state index in [-0.39, 0.29) is 16.3 Å². The minimum absolute atomic E-state index is 0.0707. The predicted molar refractivity (Wildman–Crippen MR) is 79.9 cm³/mol. The number of unbranched alkanes of at least 4 members (excludes halogenated alkanes) is 1. The Kier molecular flexibility index (Phi) is 5.81. The van der Waals surface area contributed by atoms with E-state index in [0.717, 1.165) is 0 Å². The van der Waals surface area contributed by atoms with E-state index in [1.807, 2.05) is 0 Å². The molecule has 3 N–H and O–H groups in total. The first kappa shape index (κ1) is 17.2. The molecule has 0 aliphatic rings. The number of benzene rings is 1. The van der Waals surface area contributed by atoms with Crippen LogP contribution in [-0.2, 0) is 20.0 Å². The quantitative estimate of drug-likeness (QED) is 0.578. The van der Waals surface area contributed by atoms with Gasteiger partial charge in [-0.25, -0.2) is 22.0 Å². The number of nitrogens with one attached hydrogen (secondary N) is 1. The monoisotopic (exact) mass is 340 g/mol. The molecule has 0 aromatic heterocycles. The number of hydrogen-bond donors (Lipinski definition) is 2. The molecule has 0 amide bonds. The smallest absolute Gasteiger partial charge is 0.238 e. The fraction of sp³-hybridized carbons (Fsp3) is 0.455. The van der Waals surface area contributed by atoms with Gasteiger partial charge in [-0.1, -0.05) is 6.07 Å². The van der Waals surface area contributed by atoms with E-state index in [9.17, 15) is 16.8 Å². The van der Waals surface area contributed by atoms with Crippen molar-refractivity contribution in [2.45, 2.75) is 24.7 Å². The Morgan fingerprint density at radius 1 is 1.20 bits per heavy atom. The van der Waals surface area contributed by atoms with Gasteiger partial charge in [0.25, 0.3) is 0 Å². The van der Waals surface area contributed by atoms with Crippen LogP contribution in [0.4, 0.5) is 5.69 Å². The van der Waals surface area contributed by atoms with Crippen LogP contribution in [0.2, 0.25) is 0 Å². The van der Waals surface area contributed by atoms with E-state index in [1.54, 1.807) is 6.92 Å². The van der Waals surface area contributed by atoms with Gasteiger partial charge in [-0.3, -0.25) is 4.72 Å². The summed E-state index contributed by atoms with van der Waals surface area (Å²) in [5, 5.41) is 5.02. The molecule has 114 valence electrons. The molecule has 0 unspecified atom stereocenters. The number of rotatable bonds is 7. The van der Waals surface area contributed by atoms with Crippen LogP contribution in [0, 0.1) is 6.92 Å². The third-order valence-corrected chi connectivity index (χ3v) is 5.14. The number of anilines is 1. The SMILES string of the molecule is Cc1ccc(S(N)(=O)=O)cc1NS(=O)(=O)CCCCCl. The molecule has 1 aromatic carbocycles. The number of nitrogens with two attached hydrogens (primary N) is 1. The van der Waals surface area contributed by atoms with Gasteiger partial charge < -0.3 is 0 Å². The molecule has 0 radical (unpaired) electrons. The number of aryl methyl sites for hydroxylation is 1. The molecular formula is C11H17ClN2O4S2. The van der Waals surface area contributed by atoms with Crippen molar-refractivity contribution in [1.82, 2.24) is 0 Å². The van der Waals surface area contributed by atoms with E-state index in [4.69, 9.17) is 16.7 Å². The Balaban J connectivity index is 2.97. The summed E-state index contributed by atoms with van der Waals surface area (Å²) >= 11 is 5.49. The fourth-order valence-electron chi connectivity index (χ4n) is 1.49. The van der Waals surface area contributed by atoms with Crippen molar-refractivity contribution in [3.8, 4) is 0 Å². The third-order valence-electron chi connectivity index (χ3n) is 2.60. The van der Waals surface area contributed by atoms with Gasteiger partial charge in [0.15, 0.2) is 0 Å². The van der Waals surface area contributed by atoms with Gasteiger partial charge in [-0.05, 0) is 37.5 Å². The Morgan fingerprint density at radius 2 is 1.85 bits per heavy atom. The third kappa shape index (κ3) is 5.28. The lowest BCUT2D eigenvalue weighted by Gasteiger charge is -2.11. The van der Waals surface area contributed by atoms with Crippen LogP contribution in [0.3, 0.4) is 0 Å². The highest BCUT2D eigenvalue weighted by molar-refractivity contribution is 7.92. The van der Waals surface area contributed by atoms with E-state index < -0.39 is 20.0 Å². The maximum absolute atomic E-state index is 11.9. The zero-order valence-electron chi connectivity index (χ0n) is 11.0. The molecule has 0 saturated heterocycles. The van der Waals surface area contributed by atoms with Crippen molar-refractivity contribution in [2.75, 3.05) is 16.4 Å². The minimum Gasteiger partial charge on any atom is -0.283 e. The first-order valence-corrected chi connectivity index (χ1v) is 9.59. The average molecular weight is 341 g/mol. The molecule has 0 aliphatic heterocycles. The first-order chi connectivity index (χ1) is 9.15. The lowest BCUT2D eigenvalue weighted by Crippen LogP contribution is -2.18. The van der Waals surface area contributed by atoms with Gasteiger partial charge in [-0.2, -0.15) is 0 Å². The number of primary sulfonamides is 1. The molecule has 0 bridgehead atoms. The molecule has 0 saturated carbocycles. The van der Waals surface area contributed by atoms with Crippen LogP contribution in [0.15, 0.2) is 23.1 Å². The molecule has 0 aliphatic carbocycles. The van der Waals surface area contributed by atoms with E-state index >= 15 is 0 Å². The van der Waals surface area contributed by atoms with Gasteiger partial charge in [0.05, 0.1) is 16.3 Å². The summed E-state index contributed by atoms with van der Waals surface area (Å²) in [6.45, 7) is 1.67. The standard InChI is InChI=1S/C11H17ClN2O4S2/c1-9-4-5-10(20(13,17)18)8-11(9)14-19(15,16)7-3-2-6-12/h4-5,8,14H,2-3,6-7H2,1H3,(H2,13,17,18). The molecule has 0 atom stereocenters. The van der Waals surface area contributed by atoms with Crippen LogP contribution in [-0.4, -0.2) is 28.5 Å². The summed E-state index contributed by atoms with van der Waals surface area (Å²) in [5.41, 5.74) is 0.820. The van der Waals surface area contributed by atoms with Crippen LogP contribution >= 0.6 is 11.6 Å². The first-order valence-electron chi connectivity index (χ1n) is 5.85. The van der Waals surface area contributed by atoms with Crippen molar-refractivity contribution in [3.05, 3.63) is 23.8 Å². The van der Waals surface area contributed by atoms with E-state index in [2.05, 4.69) is 4.72 Å². The number of hydrogen-bond acceptors (Lipinski definition) is 4. The summed E-state index contributed by atoms with van der Waals surface area (Å²) in [4.78, 5) is -0.137. The molecule has 0 spiro atoms. The Hall–Kier alpha value is -0.830. The Morgan fingerprint density at radius 3 is 2.40 bits per heavy atom. The molecule has 6 nitrogen and oxygen atoms in total. The highest BCUT2D eigenvalue weighted by Crippen LogP contribution is 2.20. The van der Waals surface area contributed by atoms with Gasteiger partial charge in [0.1, 0.15) is 0 Å². The lowest BCUT2D eigenvalue weighted by molar-refractivity contribution is 0.595. The highest BCUT2D eigenvalue weighted by Gasteiger charge is 2.15. The molecular weight excluding hydrogens is 324 g/mol. The molecule has 1 rings (SSSR count). The predicted octanol–water partition coefficient (Wildman–Crippen LogP) is 1.40. The van der Waals surface area contributed by atoms with Crippen molar-refractivity contribution in [3.63, 3.8) is 0 Å². The van der Waals surface area contributed by atoms with Crippen LogP contribution in [0.1, 0.15) is 18.4 Å². The largest absolute Gasteiger partial charge is 0.283 e. The van der Waals surface area contributed by atoms with Crippen molar-refractivity contribution in [2.24, 2.45) is 5.14 Å². The van der Waals surface area contributed by atoms with Gasteiger partial charge in [0, 0.05) is 5.88 Å².